The summed E-state index contributed by atoms with van der Waals surface area (Å²) in [5.74, 6) is 0. The van der Waals surface area contributed by atoms with E-state index in [0.29, 0.717) is 0 Å². The Bertz CT molecular complexity index is 3520. The number of anilines is 6. The summed E-state index contributed by atoms with van der Waals surface area (Å²) >= 11 is 1.87. The smallest absolute Gasteiger partial charge is 0.135 e. The SMILES string of the molecule is c1ccc(-c2cc(-c3ccccc3)cc(N(c3ccccc3)c3cc4c(sc5cccc(N(c6ccccc6)c6ccc7oc8ccccc8c7c6)c54)c4ccccc34)c2)cc1. The summed E-state index contributed by atoms with van der Waals surface area (Å²) in [4.78, 5) is 4.87. The van der Waals surface area contributed by atoms with Crippen LogP contribution in [0.2, 0.25) is 0 Å². The molecule has 10 aromatic carbocycles. The van der Waals surface area contributed by atoms with Gasteiger partial charge in [0.15, 0.2) is 0 Å². The molecule has 4 heteroatoms. The van der Waals surface area contributed by atoms with Crippen LogP contribution in [0, 0.1) is 0 Å². The Morgan fingerprint density at radius 2 is 0.855 bits per heavy atom. The zero-order valence-corrected chi connectivity index (χ0v) is 34.5. The summed E-state index contributed by atoms with van der Waals surface area (Å²) in [6, 6.07) is 83.0. The second-order valence-electron chi connectivity index (χ2n) is 15.7. The van der Waals surface area contributed by atoms with Crippen molar-refractivity contribution in [1.29, 1.82) is 0 Å². The first kappa shape index (κ1) is 36.0. The molecule has 292 valence electrons. The molecule has 0 fully saturated rings. The number of rotatable bonds is 8. The van der Waals surface area contributed by atoms with Gasteiger partial charge in [-0.05, 0) is 107 Å². The van der Waals surface area contributed by atoms with E-state index in [4.69, 9.17) is 4.42 Å². The molecule has 0 aliphatic heterocycles. The highest BCUT2D eigenvalue weighted by molar-refractivity contribution is 7.26. The van der Waals surface area contributed by atoms with Crippen LogP contribution in [0.3, 0.4) is 0 Å². The molecule has 0 saturated heterocycles. The molecule has 0 unspecified atom stereocenters. The minimum atomic E-state index is 0.881. The number of hydrogen-bond acceptors (Lipinski definition) is 4. The molecule has 62 heavy (non-hydrogen) atoms. The third-order valence-electron chi connectivity index (χ3n) is 12.0. The molecular formula is C58H38N2OS. The van der Waals surface area contributed by atoms with E-state index in [1.165, 1.54) is 42.1 Å². The Morgan fingerprint density at radius 3 is 1.52 bits per heavy atom. The lowest BCUT2D eigenvalue weighted by atomic mass is 9.96. The molecule has 2 aromatic heterocycles. The van der Waals surface area contributed by atoms with Crippen molar-refractivity contribution in [2.75, 3.05) is 9.80 Å². The average molecular weight is 811 g/mol. The Kier molecular flexibility index (Phi) is 8.68. The zero-order valence-electron chi connectivity index (χ0n) is 33.7. The van der Waals surface area contributed by atoms with Crippen LogP contribution in [0.4, 0.5) is 34.1 Å². The lowest BCUT2D eigenvalue weighted by molar-refractivity contribution is 0.669. The van der Waals surface area contributed by atoms with E-state index < -0.39 is 0 Å². The molecule has 0 aliphatic carbocycles. The molecule has 0 bridgehead atoms. The lowest BCUT2D eigenvalue weighted by Gasteiger charge is -2.29. The van der Waals surface area contributed by atoms with Crippen LogP contribution < -0.4 is 9.80 Å². The van der Waals surface area contributed by atoms with Crippen molar-refractivity contribution >= 4 is 98.3 Å². The van der Waals surface area contributed by atoms with Gasteiger partial charge in [0.2, 0.25) is 0 Å². The number of benzene rings is 10. The first-order valence-corrected chi connectivity index (χ1v) is 21.8. The first-order chi connectivity index (χ1) is 30.7. The molecule has 12 rings (SSSR count). The van der Waals surface area contributed by atoms with E-state index in [2.05, 4.69) is 228 Å². The minimum Gasteiger partial charge on any atom is -0.456 e. The van der Waals surface area contributed by atoms with E-state index in [-0.39, 0.29) is 0 Å². The van der Waals surface area contributed by atoms with E-state index >= 15 is 0 Å². The second kappa shape index (κ2) is 15.0. The lowest BCUT2D eigenvalue weighted by Crippen LogP contribution is -2.11. The van der Waals surface area contributed by atoms with Crippen molar-refractivity contribution in [1.82, 2.24) is 0 Å². The summed E-state index contributed by atoms with van der Waals surface area (Å²) in [6.45, 7) is 0. The predicted octanol–water partition coefficient (Wildman–Crippen LogP) is 17.4. The maximum atomic E-state index is 6.31. The fourth-order valence-electron chi connectivity index (χ4n) is 9.18. The van der Waals surface area contributed by atoms with Crippen molar-refractivity contribution in [3.8, 4) is 22.3 Å². The number of para-hydroxylation sites is 3. The molecule has 0 radical (unpaired) electrons. The summed E-state index contributed by atoms with van der Waals surface area (Å²) in [5, 5.41) is 7.07. The number of fused-ring (bicyclic) bond motifs is 8. The third-order valence-corrected chi connectivity index (χ3v) is 13.2. The van der Waals surface area contributed by atoms with Crippen molar-refractivity contribution in [2.24, 2.45) is 0 Å². The van der Waals surface area contributed by atoms with Crippen molar-refractivity contribution in [3.05, 3.63) is 231 Å². The Morgan fingerprint density at radius 1 is 0.306 bits per heavy atom. The quantitative estimate of drug-likeness (QED) is 0.152. The highest BCUT2D eigenvalue weighted by atomic mass is 32.1. The van der Waals surface area contributed by atoms with Gasteiger partial charge in [0.25, 0.3) is 0 Å². The van der Waals surface area contributed by atoms with Crippen molar-refractivity contribution in [3.63, 3.8) is 0 Å². The van der Waals surface area contributed by atoms with Crippen LogP contribution in [-0.2, 0) is 0 Å². The van der Waals surface area contributed by atoms with Crippen molar-refractivity contribution in [2.45, 2.75) is 0 Å². The molecule has 2 heterocycles. The van der Waals surface area contributed by atoms with Gasteiger partial charge in [0, 0.05) is 64.5 Å². The van der Waals surface area contributed by atoms with Crippen LogP contribution in [0.1, 0.15) is 0 Å². The molecular weight excluding hydrogens is 773 g/mol. The van der Waals surface area contributed by atoms with Crippen LogP contribution in [-0.4, -0.2) is 0 Å². The van der Waals surface area contributed by atoms with Gasteiger partial charge in [0.05, 0.1) is 11.4 Å². The minimum absolute atomic E-state index is 0.881. The Hall–Kier alpha value is -7.92. The third kappa shape index (κ3) is 6.11. The molecule has 3 nitrogen and oxygen atoms in total. The Balaban J connectivity index is 1.14. The van der Waals surface area contributed by atoms with Gasteiger partial charge in [0.1, 0.15) is 11.2 Å². The summed E-state index contributed by atoms with van der Waals surface area (Å²) in [6.07, 6.45) is 0. The second-order valence-corrected chi connectivity index (χ2v) is 16.7. The monoisotopic (exact) mass is 810 g/mol. The maximum Gasteiger partial charge on any atom is 0.135 e. The molecule has 0 N–H and O–H groups in total. The summed E-state index contributed by atoms with van der Waals surface area (Å²) < 4.78 is 8.81. The standard InChI is InChI=1S/C58H38N2OS/c1-5-18-39(19-6-1)41-34-42(40-20-7-2-8-21-40)36-46(35-41)60(44-24-11-4-12-25-44)53-38-51-57-52(29-17-31-56(57)62-58(51)49-28-14-13-26-47(49)53)59(43-22-9-3-10-23-43)45-32-33-55-50(37-45)48-27-15-16-30-54(48)61-55/h1-38H. The summed E-state index contributed by atoms with van der Waals surface area (Å²) in [7, 11) is 0. The molecule has 0 amide bonds. The number of hydrogen-bond donors (Lipinski definition) is 0. The van der Waals surface area contributed by atoms with E-state index in [0.717, 1.165) is 67.2 Å². The normalized spacial score (nSPS) is 11.5. The van der Waals surface area contributed by atoms with Gasteiger partial charge in [-0.2, -0.15) is 0 Å². The average Bonchev–Trinajstić information content (AvgIpc) is 3.92. The van der Waals surface area contributed by atoms with Crippen LogP contribution in [0.5, 0.6) is 0 Å². The van der Waals surface area contributed by atoms with Crippen molar-refractivity contribution < 1.29 is 4.42 Å². The van der Waals surface area contributed by atoms with Crippen LogP contribution in [0.15, 0.2) is 235 Å². The van der Waals surface area contributed by atoms with E-state index in [1.54, 1.807) is 0 Å². The highest BCUT2D eigenvalue weighted by Gasteiger charge is 2.24. The van der Waals surface area contributed by atoms with Gasteiger partial charge in [-0.3, -0.25) is 0 Å². The van der Waals surface area contributed by atoms with Crippen LogP contribution in [0.25, 0.3) is 75.1 Å². The van der Waals surface area contributed by atoms with Gasteiger partial charge >= 0.3 is 0 Å². The predicted molar refractivity (Wildman–Crippen MR) is 264 cm³/mol. The van der Waals surface area contributed by atoms with Gasteiger partial charge in [-0.15, -0.1) is 11.3 Å². The van der Waals surface area contributed by atoms with Crippen LogP contribution >= 0.6 is 11.3 Å². The fraction of sp³-hybridized carbons (Fsp3) is 0. The molecule has 0 atom stereocenters. The number of furan rings is 1. The largest absolute Gasteiger partial charge is 0.456 e. The molecule has 0 spiro atoms. The molecule has 12 aromatic rings. The number of thiophene rings is 1. The topological polar surface area (TPSA) is 19.6 Å². The molecule has 0 saturated carbocycles. The molecule has 0 aliphatic rings. The first-order valence-electron chi connectivity index (χ1n) is 21.0. The van der Waals surface area contributed by atoms with Gasteiger partial charge in [-0.1, -0.05) is 146 Å². The number of nitrogens with zero attached hydrogens (tertiary/aromatic N) is 2. The van der Waals surface area contributed by atoms with Gasteiger partial charge < -0.3 is 14.2 Å². The Labute approximate surface area is 363 Å². The maximum absolute atomic E-state index is 6.31. The summed E-state index contributed by atoms with van der Waals surface area (Å²) in [5.41, 5.74) is 13.0. The fourth-order valence-corrected chi connectivity index (χ4v) is 10.4. The van der Waals surface area contributed by atoms with E-state index in [9.17, 15) is 0 Å². The highest BCUT2D eigenvalue weighted by Crippen LogP contribution is 2.51. The zero-order chi connectivity index (χ0) is 41.0. The van der Waals surface area contributed by atoms with Gasteiger partial charge in [-0.25, -0.2) is 0 Å². The van der Waals surface area contributed by atoms with E-state index in [1.807, 2.05) is 23.5 Å².